The van der Waals surface area contributed by atoms with E-state index < -0.39 is 17.2 Å². The molecule has 3 rings (SSSR count). The molecular weight excluding hydrogens is 301 g/mol. The van der Waals surface area contributed by atoms with E-state index in [2.05, 4.69) is 4.74 Å². The number of nitrogens with zero attached hydrogens (tertiary/aromatic N) is 1. The quantitative estimate of drug-likeness (QED) is 0.634. The average Bonchev–Trinajstić information content (AvgIpc) is 3.08. The Hall–Kier alpha value is -2.24. The molecule has 1 heterocycles. The fourth-order valence-corrected chi connectivity index (χ4v) is 3.58. The van der Waals surface area contributed by atoms with Crippen molar-refractivity contribution in [1.82, 2.24) is 4.90 Å². The molecular formula is C17H18FNO4. The third-order valence-electron chi connectivity index (χ3n) is 4.83. The van der Waals surface area contributed by atoms with E-state index in [1.165, 1.54) is 30.2 Å². The molecule has 1 spiro atoms. The van der Waals surface area contributed by atoms with Crippen LogP contribution in [0.1, 0.15) is 48.0 Å². The van der Waals surface area contributed by atoms with E-state index in [1.807, 2.05) is 0 Å². The lowest BCUT2D eigenvalue weighted by Crippen LogP contribution is -2.34. The topological polar surface area (TPSA) is 63.7 Å². The molecule has 5 nitrogen and oxygen atoms in total. The minimum atomic E-state index is -0.757. The van der Waals surface area contributed by atoms with Gasteiger partial charge < -0.3 is 4.74 Å². The molecule has 0 atom stereocenters. The standard InChI is InChI=1S/C17H18FNO4/c1-23-15(21)12-5-4-11(8-13(12)18)10-19-14(20)9-17(16(19)22)6-2-3-7-17/h4-5,8H,2-3,6-7,9-10H2,1H3. The van der Waals surface area contributed by atoms with E-state index in [-0.39, 0.29) is 30.3 Å². The zero-order chi connectivity index (χ0) is 16.6. The van der Waals surface area contributed by atoms with E-state index in [0.717, 1.165) is 25.7 Å². The minimum Gasteiger partial charge on any atom is -0.465 e. The Morgan fingerprint density at radius 1 is 1.30 bits per heavy atom. The molecule has 0 bridgehead atoms. The molecule has 1 saturated carbocycles. The largest absolute Gasteiger partial charge is 0.465 e. The lowest BCUT2D eigenvalue weighted by molar-refractivity contribution is -0.142. The molecule has 2 aliphatic rings. The molecule has 0 unspecified atom stereocenters. The zero-order valence-corrected chi connectivity index (χ0v) is 12.9. The van der Waals surface area contributed by atoms with Crippen LogP contribution in [0, 0.1) is 11.2 Å². The van der Waals surface area contributed by atoms with Gasteiger partial charge in [-0.3, -0.25) is 14.5 Å². The third-order valence-corrected chi connectivity index (χ3v) is 4.83. The summed E-state index contributed by atoms with van der Waals surface area (Å²) in [6.45, 7) is 0.0395. The van der Waals surface area contributed by atoms with E-state index in [1.54, 1.807) is 0 Å². The summed E-state index contributed by atoms with van der Waals surface area (Å²) in [5.41, 5.74) is -0.212. The molecule has 122 valence electrons. The number of hydrogen-bond donors (Lipinski definition) is 0. The van der Waals surface area contributed by atoms with Crippen molar-refractivity contribution >= 4 is 17.8 Å². The fraction of sp³-hybridized carbons (Fsp3) is 0.471. The summed E-state index contributed by atoms with van der Waals surface area (Å²) in [7, 11) is 1.18. The number of imide groups is 1. The van der Waals surface area contributed by atoms with Crippen molar-refractivity contribution in [1.29, 1.82) is 0 Å². The summed E-state index contributed by atoms with van der Waals surface area (Å²) < 4.78 is 18.5. The van der Waals surface area contributed by atoms with Crippen LogP contribution in [0.3, 0.4) is 0 Å². The van der Waals surface area contributed by atoms with Crippen LogP contribution in [-0.2, 0) is 20.9 Å². The number of rotatable bonds is 3. The van der Waals surface area contributed by atoms with Crippen LogP contribution in [0.2, 0.25) is 0 Å². The molecule has 1 aromatic rings. The number of carbonyl (C=O) groups excluding carboxylic acids is 3. The van der Waals surface area contributed by atoms with Crippen molar-refractivity contribution in [2.24, 2.45) is 5.41 Å². The Morgan fingerprint density at radius 3 is 2.61 bits per heavy atom. The maximum atomic E-state index is 14.0. The summed E-state index contributed by atoms with van der Waals surface area (Å²) >= 11 is 0. The molecule has 1 aliphatic carbocycles. The molecule has 0 aromatic heterocycles. The number of ether oxygens (including phenoxy) is 1. The molecule has 0 N–H and O–H groups in total. The Balaban J connectivity index is 1.79. The van der Waals surface area contributed by atoms with Crippen LogP contribution in [0.15, 0.2) is 18.2 Å². The zero-order valence-electron chi connectivity index (χ0n) is 12.9. The second kappa shape index (κ2) is 5.76. The Labute approximate surface area is 133 Å². The van der Waals surface area contributed by atoms with Gasteiger partial charge in [-0.25, -0.2) is 9.18 Å². The predicted molar refractivity (Wildman–Crippen MR) is 78.8 cm³/mol. The summed E-state index contributed by atoms with van der Waals surface area (Å²) in [5.74, 6) is -1.82. The van der Waals surface area contributed by atoms with Crippen LogP contribution in [-0.4, -0.2) is 29.8 Å². The van der Waals surface area contributed by atoms with E-state index >= 15 is 0 Å². The molecule has 1 aromatic carbocycles. The maximum Gasteiger partial charge on any atom is 0.340 e. The van der Waals surface area contributed by atoms with Crippen LogP contribution < -0.4 is 0 Å². The third kappa shape index (κ3) is 2.62. The van der Waals surface area contributed by atoms with Gasteiger partial charge >= 0.3 is 5.97 Å². The van der Waals surface area contributed by atoms with E-state index in [9.17, 15) is 18.8 Å². The highest BCUT2D eigenvalue weighted by molar-refractivity contribution is 6.06. The second-order valence-corrected chi connectivity index (χ2v) is 6.26. The molecule has 0 radical (unpaired) electrons. The first-order chi connectivity index (χ1) is 11.0. The van der Waals surface area contributed by atoms with Crippen molar-refractivity contribution in [2.45, 2.75) is 38.6 Å². The van der Waals surface area contributed by atoms with Crippen molar-refractivity contribution < 1.29 is 23.5 Å². The first-order valence-electron chi connectivity index (χ1n) is 7.68. The summed E-state index contributed by atoms with van der Waals surface area (Å²) in [6, 6.07) is 4.02. The number of hydrogen-bond acceptors (Lipinski definition) is 4. The summed E-state index contributed by atoms with van der Waals surface area (Å²) in [4.78, 5) is 37.4. The fourth-order valence-electron chi connectivity index (χ4n) is 3.58. The number of benzene rings is 1. The highest BCUT2D eigenvalue weighted by Crippen LogP contribution is 2.47. The number of halogens is 1. The van der Waals surface area contributed by atoms with Gasteiger partial charge in [0.15, 0.2) is 0 Å². The van der Waals surface area contributed by atoms with Crippen LogP contribution in [0.5, 0.6) is 0 Å². The number of carbonyl (C=O) groups is 3. The number of likely N-dealkylation sites (tertiary alicyclic amines) is 1. The predicted octanol–water partition coefficient (Wildman–Crippen LogP) is 2.43. The molecule has 23 heavy (non-hydrogen) atoms. The van der Waals surface area contributed by atoms with Crippen molar-refractivity contribution in [3.8, 4) is 0 Å². The monoisotopic (exact) mass is 319 g/mol. The first kappa shape index (κ1) is 15.6. The van der Waals surface area contributed by atoms with Gasteiger partial charge in [0, 0.05) is 6.42 Å². The van der Waals surface area contributed by atoms with Gasteiger partial charge in [0.2, 0.25) is 11.8 Å². The number of esters is 1. The lowest BCUT2D eigenvalue weighted by atomic mass is 9.84. The van der Waals surface area contributed by atoms with E-state index in [4.69, 9.17) is 0 Å². The van der Waals surface area contributed by atoms with Crippen LogP contribution >= 0.6 is 0 Å². The summed E-state index contributed by atoms with van der Waals surface area (Å²) in [5, 5.41) is 0. The number of amides is 2. The van der Waals surface area contributed by atoms with Gasteiger partial charge in [-0.05, 0) is 30.5 Å². The van der Waals surface area contributed by atoms with Crippen LogP contribution in [0.25, 0.3) is 0 Å². The first-order valence-corrected chi connectivity index (χ1v) is 7.68. The van der Waals surface area contributed by atoms with Gasteiger partial charge in [-0.15, -0.1) is 0 Å². The SMILES string of the molecule is COC(=O)c1ccc(CN2C(=O)CC3(CCCC3)C2=O)cc1F. The van der Waals surface area contributed by atoms with Crippen molar-refractivity contribution in [3.05, 3.63) is 35.1 Å². The smallest absolute Gasteiger partial charge is 0.340 e. The van der Waals surface area contributed by atoms with Gasteiger partial charge in [0.25, 0.3) is 0 Å². The second-order valence-electron chi connectivity index (χ2n) is 6.26. The van der Waals surface area contributed by atoms with Crippen molar-refractivity contribution in [2.75, 3.05) is 7.11 Å². The molecule has 2 amide bonds. The Bertz CT molecular complexity index is 679. The van der Waals surface area contributed by atoms with Crippen LogP contribution in [0.4, 0.5) is 4.39 Å². The normalized spacial score (nSPS) is 19.7. The highest BCUT2D eigenvalue weighted by atomic mass is 19.1. The average molecular weight is 319 g/mol. The molecule has 1 aliphatic heterocycles. The van der Waals surface area contributed by atoms with Gasteiger partial charge in [0.1, 0.15) is 5.82 Å². The van der Waals surface area contributed by atoms with Gasteiger partial charge in [-0.2, -0.15) is 0 Å². The lowest BCUT2D eigenvalue weighted by Gasteiger charge is -2.21. The number of methoxy groups -OCH3 is 1. The minimum absolute atomic E-state index is 0.0395. The van der Waals surface area contributed by atoms with Crippen molar-refractivity contribution in [3.63, 3.8) is 0 Å². The molecule has 6 heteroatoms. The Morgan fingerprint density at radius 2 is 2.00 bits per heavy atom. The molecule has 1 saturated heterocycles. The summed E-state index contributed by atoms with van der Waals surface area (Å²) in [6.07, 6.45) is 3.70. The highest BCUT2D eigenvalue weighted by Gasteiger charge is 2.52. The maximum absolute atomic E-state index is 14.0. The molecule has 2 fully saturated rings. The Kier molecular flexibility index (Phi) is 3.92. The van der Waals surface area contributed by atoms with Gasteiger partial charge in [-0.1, -0.05) is 18.9 Å². The van der Waals surface area contributed by atoms with E-state index in [0.29, 0.717) is 5.56 Å². The van der Waals surface area contributed by atoms with Gasteiger partial charge in [0.05, 0.1) is 24.6 Å².